The molecule has 1 saturated heterocycles. The molecule has 1 fully saturated rings. The van der Waals surface area contributed by atoms with Crippen LogP contribution < -0.4 is 26.6 Å². The molecule has 0 aromatic carbocycles. The van der Waals surface area contributed by atoms with Crippen LogP contribution in [-0.4, -0.2) is 103 Å². The van der Waals surface area contributed by atoms with Crippen LogP contribution in [0.5, 0.6) is 0 Å². The highest BCUT2D eigenvalue weighted by molar-refractivity contribution is 7.77. The molecule has 0 spiro atoms. The molecule has 4 atom stereocenters. The maximum absolute atomic E-state index is 13.9. The lowest BCUT2D eigenvalue weighted by Gasteiger charge is -2.37. The number of thiol groups is 1. The number of hydrogen-bond donors (Lipinski definition) is 6. The minimum atomic E-state index is -1.00. The fourth-order valence-electron chi connectivity index (χ4n) is 4.75. The van der Waals surface area contributed by atoms with Gasteiger partial charge in [-0.2, -0.15) is 0 Å². The summed E-state index contributed by atoms with van der Waals surface area (Å²) in [7, 11) is 1.86. The van der Waals surface area contributed by atoms with Crippen molar-refractivity contribution in [1.82, 2.24) is 35.8 Å². The van der Waals surface area contributed by atoms with Crippen molar-refractivity contribution in [2.75, 3.05) is 39.8 Å². The van der Waals surface area contributed by atoms with Crippen molar-refractivity contribution in [3.8, 4) is 0 Å². The van der Waals surface area contributed by atoms with E-state index in [-0.39, 0.29) is 30.3 Å². The van der Waals surface area contributed by atoms with Crippen LogP contribution in [0.25, 0.3) is 0 Å². The molecule has 0 aliphatic carbocycles. The van der Waals surface area contributed by atoms with Crippen LogP contribution in [0.3, 0.4) is 0 Å². The number of likely N-dealkylation sites (tertiary alicyclic amines) is 1. The third kappa shape index (κ3) is 18.2. The van der Waals surface area contributed by atoms with Gasteiger partial charge in [-0.25, -0.2) is 4.79 Å². The first-order chi connectivity index (χ1) is 22.3. The molecule has 5 amide bonds. The van der Waals surface area contributed by atoms with Gasteiger partial charge in [-0.3, -0.25) is 23.5 Å². The molecule has 13 heteroatoms. The van der Waals surface area contributed by atoms with Crippen LogP contribution >= 0.6 is 12.8 Å². The van der Waals surface area contributed by atoms with E-state index in [0.29, 0.717) is 38.9 Å². The third-order valence-corrected chi connectivity index (χ3v) is 7.58. The smallest absolute Gasteiger partial charge is 0.315 e. The summed E-state index contributed by atoms with van der Waals surface area (Å²) in [4.78, 5) is 67.0. The number of likely N-dealkylation sites (N-methyl/N-ethyl adjacent to an activating group) is 1. The zero-order valence-corrected chi connectivity index (χ0v) is 32.9. The molecular weight excluding hydrogens is 630 g/mol. The molecule has 48 heavy (non-hydrogen) atoms. The summed E-state index contributed by atoms with van der Waals surface area (Å²) < 4.78 is 1.77. The Morgan fingerprint density at radius 3 is 2.04 bits per heavy atom. The number of carbonyl (C=O) groups excluding carboxylic acids is 5. The second-order valence-corrected chi connectivity index (χ2v) is 14.7. The summed E-state index contributed by atoms with van der Waals surface area (Å²) in [6, 6.07) is -3.43. The van der Waals surface area contributed by atoms with Crippen molar-refractivity contribution in [3.05, 3.63) is 12.7 Å². The van der Waals surface area contributed by atoms with Crippen LogP contribution in [0.4, 0.5) is 4.79 Å². The van der Waals surface area contributed by atoms with Crippen molar-refractivity contribution in [3.63, 3.8) is 0 Å². The quantitative estimate of drug-likeness (QED) is 0.0615. The summed E-state index contributed by atoms with van der Waals surface area (Å²) in [5.41, 5.74) is -0.916. The Morgan fingerprint density at radius 1 is 0.979 bits per heavy atom. The minimum absolute atomic E-state index is 0.137. The molecule has 0 aromatic rings. The Hall–Kier alpha value is -2.64. The standard InChI is InChI=1S/C30H55N7O5S.C3H8.C2H6/c1-10-13-20(23(38)26(40)32-15-11-2)33-25(39)21-14-12-17-37(21)27(41)24(30(6,7)8)35-28(42)34-22(29(3,4)5)19-31-16-18-36(9)43;1-3-2;1-2/h11,20-22,24,31,43H,2,10,12-19H2,1,3-9H3,(H,32,40)(H,33,39)(H2,34,35,42);3H2,1-2H3;1-2H3. The number of ketones is 1. The van der Waals surface area contributed by atoms with E-state index in [2.05, 4.69) is 59.8 Å². The summed E-state index contributed by atoms with van der Waals surface area (Å²) in [5, 5.41) is 14.4. The number of Topliss-reactive ketones (excluding diaryl/α,β-unsaturated/α-hetero) is 1. The van der Waals surface area contributed by atoms with Crippen LogP contribution in [0.1, 0.15) is 108 Å². The molecule has 280 valence electrons. The average molecular weight is 700 g/mol. The molecule has 0 bridgehead atoms. The molecule has 0 radical (unpaired) electrons. The molecular formula is C35H69N7O5S. The van der Waals surface area contributed by atoms with E-state index in [4.69, 9.17) is 0 Å². The zero-order chi connectivity index (χ0) is 37.7. The summed E-state index contributed by atoms with van der Waals surface area (Å²) in [5.74, 6) is -2.39. The van der Waals surface area contributed by atoms with Gasteiger partial charge in [-0.15, -0.1) is 6.58 Å². The van der Waals surface area contributed by atoms with E-state index in [1.807, 2.05) is 69.4 Å². The normalized spacial score (nSPS) is 16.2. The molecule has 4 unspecified atom stereocenters. The number of rotatable bonds is 16. The summed E-state index contributed by atoms with van der Waals surface area (Å²) in [6.45, 7) is 27.7. The van der Waals surface area contributed by atoms with E-state index in [1.165, 1.54) is 17.4 Å². The number of hydrogen-bond acceptors (Lipinski definition) is 8. The number of carbonyl (C=O) groups is 5. The maximum atomic E-state index is 13.9. The third-order valence-electron chi connectivity index (χ3n) is 7.38. The lowest BCUT2D eigenvalue weighted by molar-refractivity contribution is -0.143. The van der Waals surface area contributed by atoms with Crippen LogP contribution in [0.15, 0.2) is 12.7 Å². The highest BCUT2D eigenvalue weighted by Gasteiger charge is 2.43. The Balaban J connectivity index is 0. The van der Waals surface area contributed by atoms with Gasteiger partial charge >= 0.3 is 6.03 Å². The molecule has 1 rings (SSSR count). The fourth-order valence-corrected chi connectivity index (χ4v) is 4.85. The minimum Gasteiger partial charge on any atom is -0.346 e. The zero-order valence-electron chi connectivity index (χ0n) is 32.0. The van der Waals surface area contributed by atoms with Gasteiger partial charge in [0.15, 0.2) is 0 Å². The molecule has 5 N–H and O–H groups in total. The van der Waals surface area contributed by atoms with Gasteiger partial charge in [-0.05, 0) is 37.1 Å². The second-order valence-electron chi connectivity index (χ2n) is 14.0. The largest absolute Gasteiger partial charge is 0.346 e. The Labute approximate surface area is 297 Å². The number of urea groups is 1. The van der Waals surface area contributed by atoms with E-state index in [9.17, 15) is 24.0 Å². The van der Waals surface area contributed by atoms with Crippen molar-refractivity contribution in [2.45, 2.75) is 132 Å². The number of nitrogens with one attached hydrogen (secondary N) is 5. The Kier molecular flexibility index (Phi) is 24.2. The van der Waals surface area contributed by atoms with Crippen LogP contribution in [-0.2, 0) is 19.2 Å². The van der Waals surface area contributed by atoms with Gasteiger partial charge in [0.1, 0.15) is 12.1 Å². The van der Waals surface area contributed by atoms with E-state index in [0.717, 1.165) is 6.54 Å². The van der Waals surface area contributed by atoms with Gasteiger partial charge in [0.05, 0.1) is 6.04 Å². The number of amides is 5. The van der Waals surface area contributed by atoms with Crippen molar-refractivity contribution < 1.29 is 24.0 Å². The topological polar surface area (TPSA) is 152 Å². The maximum Gasteiger partial charge on any atom is 0.315 e. The van der Waals surface area contributed by atoms with Gasteiger partial charge in [0.2, 0.25) is 17.6 Å². The van der Waals surface area contributed by atoms with Crippen molar-refractivity contribution >= 4 is 42.4 Å². The highest BCUT2D eigenvalue weighted by Crippen LogP contribution is 2.26. The molecule has 1 heterocycles. The predicted molar refractivity (Wildman–Crippen MR) is 200 cm³/mol. The SMILES string of the molecule is C=CCNC(=O)C(=O)C(CCC)NC(=O)C1CCCN1C(=O)C(NC(=O)NC(CNCCN(C)S)C(C)(C)C)C(C)(C)C.CC.CCC. The summed E-state index contributed by atoms with van der Waals surface area (Å²) >= 11 is 4.25. The molecule has 12 nitrogen and oxygen atoms in total. The van der Waals surface area contributed by atoms with E-state index < -0.39 is 47.2 Å². The van der Waals surface area contributed by atoms with Crippen molar-refractivity contribution in [1.29, 1.82) is 0 Å². The lowest BCUT2D eigenvalue weighted by atomic mass is 9.85. The van der Waals surface area contributed by atoms with Crippen LogP contribution in [0, 0.1) is 10.8 Å². The first-order valence-electron chi connectivity index (χ1n) is 17.6. The lowest BCUT2D eigenvalue weighted by Crippen LogP contribution is -2.61. The molecule has 0 saturated carbocycles. The van der Waals surface area contributed by atoms with Gasteiger partial charge < -0.3 is 31.5 Å². The molecule has 1 aliphatic heterocycles. The van der Waals surface area contributed by atoms with E-state index >= 15 is 0 Å². The van der Waals surface area contributed by atoms with Gasteiger partial charge in [-0.1, -0.05) is 108 Å². The van der Waals surface area contributed by atoms with Gasteiger partial charge in [0, 0.05) is 38.8 Å². The van der Waals surface area contributed by atoms with Crippen LogP contribution in [0.2, 0.25) is 0 Å². The first kappa shape index (κ1) is 47.5. The predicted octanol–water partition coefficient (Wildman–Crippen LogP) is 4.07. The second kappa shape index (κ2) is 24.5. The number of nitrogens with zero attached hydrogens (tertiary/aromatic N) is 2. The Bertz CT molecular complexity index is 995. The van der Waals surface area contributed by atoms with E-state index in [1.54, 1.807) is 4.31 Å². The summed E-state index contributed by atoms with van der Waals surface area (Å²) in [6.07, 6.45) is 4.58. The first-order valence-corrected chi connectivity index (χ1v) is 18.0. The fraction of sp³-hybridized carbons (Fsp3) is 0.800. The monoisotopic (exact) mass is 700 g/mol. The van der Waals surface area contributed by atoms with Crippen molar-refractivity contribution in [2.24, 2.45) is 10.8 Å². The Morgan fingerprint density at radius 2 is 1.56 bits per heavy atom. The molecule has 0 aromatic heterocycles. The average Bonchev–Trinajstić information content (AvgIpc) is 3.50. The highest BCUT2D eigenvalue weighted by atomic mass is 32.1. The van der Waals surface area contributed by atoms with Gasteiger partial charge in [0.25, 0.3) is 5.91 Å². The molecule has 1 aliphatic rings.